The average molecular weight is 612 g/mol. The number of aromatic nitrogens is 4. The molecule has 6 rings (SSSR count). The number of amides is 1. The van der Waals surface area contributed by atoms with E-state index < -0.39 is 11.7 Å². The van der Waals surface area contributed by atoms with E-state index in [1.165, 1.54) is 12.1 Å². The first-order valence-corrected chi connectivity index (χ1v) is 15.0. The number of benzene rings is 2. The molecular weight excluding hydrogens is 575 g/mol. The molecule has 1 amide bonds. The van der Waals surface area contributed by atoms with E-state index in [0.717, 1.165) is 25.1 Å². The van der Waals surface area contributed by atoms with E-state index in [9.17, 15) is 9.18 Å². The number of hydrogen-bond donors (Lipinski definition) is 3. The highest BCUT2D eigenvalue weighted by atomic mass is 19.1. The number of aromatic amines is 1. The van der Waals surface area contributed by atoms with E-state index in [1.807, 2.05) is 49.8 Å². The normalized spacial score (nSPS) is 19.3. The van der Waals surface area contributed by atoms with Gasteiger partial charge in [0, 0.05) is 36.7 Å². The van der Waals surface area contributed by atoms with Gasteiger partial charge in [-0.2, -0.15) is 0 Å². The fraction of sp³-hybridized carbons (Fsp3) is 0.333. The SMILES string of the molecule is CC1(CNC(=O)Cc2ccccc2)COC(c2nc(-c3ccc(F)cc3)c(-c3ccnc(NCCC[N+]4=CN=CC4)n3)[nH]2)OC1. The molecular formula is C33H36FN8O3+. The lowest BCUT2D eigenvalue weighted by molar-refractivity contribution is -0.504. The van der Waals surface area contributed by atoms with Gasteiger partial charge in [0.15, 0.2) is 12.0 Å². The van der Waals surface area contributed by atoms with Gasteiger partial charge in [-0.05, 0) is 35.9 Å². The minimum Gasteiger partial charge on any atom is -0.355 e. The van der Waals surface area contributed by atoms with Crippen LogP contribution in [-0.4, -0.2) is 82.4 Å². The summed E-state index contributed by atoms with van der Waals surface area (Å²) in [5.41, 5.74) is 3.11. The zero-order valence-corrected chi connectivity index (χ0v) is 25.1. The maximum absolute atomic E-state index is 13.8. The van der Waals surface area contributed by atoms with Crippen LogP contribution in [0.4, 0.5) is 10.3 Å². The molecule has 0 atom stereocenters. The number of ether oxygens (including phenoxy) is 2. The van der Waals surface area contributed by atoms with Gasteiger partial charge in [0.1, 0.15) is 12.4 Å². The molecule has 0 aliphatic carbocycles. The Kier molecular flexibility index (Phi) is 9.32. The Morgan fingerprint density at radius 1 is 1.09 bits per heavy atom. The molecule has 0 radical (unpaired) electrons. The first-order valence-electron chi connectivity index (χ1n) is 15.0. The number of nitrogens with zero attached hydrogens (tertiary/aromatic N) is 5. The van der Waals surface area contributed by atoms with Crippen LogP contribution in [0.2, 0.25) is 0 Å². The van der Waals surface area contributed by atoms with Crippen LogP contribution in [0.25, 0.3) is 22.6 Å². The van der Waals surface area contributed by atoms with E-state index >= 15 is 0 Å². The lowest BCUT2D eigenvalue weighted by atomic mass is 9.92. The molecule has 45 heavy (non-hydrogen) atoms. The number of halogens is 1. The molecule has 2 aliphatic rings. The number of nitrogens with one attached hydrogen (secondary N) is 3. The maximum atomic E-state index is 13.8. The maximum Gasteiger partial charge on any atom is 0.281 e. The third-order valence-corrected chi connectivity index (χ3v) is 7.62. The van der Waals surface area contributed by atoms with E-state index in [0.29, 0.717) is 67.1 Å². The molecule has 0 unspecified atom stereocenters. The summed E-state index contributed by atoms with van der Waals surface area (Å²) in [6, 6.07) is 17.6. The van der Waals surface area contributed by atoms with Crippen LogP contribution in [0.15, 0.2) is 71.9 Å². The van der Waals surface area contributed by atoms with E-state index in [2.05, 4.69) is 30.2 Å². The van der Waals surface area contributed by atoms with Gasteiger partial charge in [0.05, 0.1) is 43.3 Å². The number of rotatable bonds is 12. The highest BCUT2D eigenvalue weighted by Crippen LogP contribution is 2.35. The molecule has 2 aliphatic heterocycles. The van der Waals surface area contributed by atoms with Crippen molar-refractivity contribution in [2.75, 3.05) is 44.7 Å². The molecule has 0 bridgehead atoms. The molecule has 3 N–H and O–H groups in total. The van der Waals surface area contributed by atoms with Crippen LogP contribution in [0.5, 0.6) is 0 Å². The highest BCUT2D eigenvalue weighted by Gasteiger charge is 2.35. The van der Waals surface area contributed by atoms with Crippen molar-refractivity contribution in [3.63, 3.8) is 0 Å². The van der Waals surface area contributed by atoms with Crippen molar-refractivity contribution in [1.29, 1.82) is 0 Å². The minimum absolute atomic E-state index is 0.0532. The second kappa shape index (κ2) is 13.9. The largest absolute Gasteiger partial charge is 0.355 e. The third kappa shape index (κ3) is 7.83. The summed E-state index contributed by atoms with van der Waals surface area (Å²) in [5.74, 6) is 0.571. The van der Waals surface area contributed by atoms with Gasteiger partial charge >= 0.3 is 0 Å². The Hall–Kier alpha value is -4.81. The molecule has 0 saturated carbocycles. The lowest BCUT2D eigenvalue weighted by Crippen LogP contribution is -2.45. The first kappa shape index (κ1) is 30.2. The first-order chi connectivity index (χ1) is 21.9. The Labute approximate surface area is 260 Å². The number of anilines is 1. The van der Waals surface area contributed by atoms with Crippen molar-refractivity contribution in [3.05, 3.63) is 84.1 Å². The number of H-pyrrole nitrogens is 1. The third-order valence-electron chi connectivity index (χ3n) is 7.62. The van der Waals surface area contributed by atoms with Gasteiger partial charge in [-0.1, -0.05) is 42.2 Å². The van der Waals surface area contributed by atoms with Crippen molar-refractivity contribution in [1.82, 2.24) is 25.3 Å². The topological polar surface area (TPSA) is 129 Å². The van der Waals surface area contributed by atoms with Crippen LogP contribution < -0.4 is 10.6 Å². The van der Waals surface area contributed by atoms with E-state index in [1.54, 1.807) is 24.4 Å². The van der Waals surface area contributed by atoms with Crippen LogP contribution in [0.3, 0.4) is 0 Å². The molecule has 1 fully saturated rings. The van der Waals surface area contributed by atoms with Crippen molar-refractivity contribution >= 4 is 24.4 Å². The Morgan fingerprint density at radius 3 is 2.64 bits per heavy atom. The molecule has 4 heterocycles. The van der Waals surface area contributed by atoms with Crippen LogP contribution in [0.1, 0.15) is 31.0 Å². The van der Waals surface area contributed by atoms with E-state index in [4.69, 9.17) is 19.4 Å². The van der Waals surface area contributed by atoms with Gasteiger partial charge in [-0.15, -0.1) is 0 Å². The standard InChI is InChI=1S/C33H35FN8O3/c1-33(19-38-27(43)18-23-6-3-2-4-7-23)20-44-31(45-21-33)30-40-28(24-8-10-25(34)11-9-24)29(41-30)26-12-14-37-32(39-26)36-13-5-16-42-17-15-35-22-42/h2-4,6-12,14-15,22,31H,5,13,16-21H2,1H3,(H2-,36,37,38,39,40,41,43)/p+1. The molecule has 11 nitrogen and oxygen atoms in total. The van der Waals surface area contributed by atoms with Gasteiger partial charge in [-0.3, -0.25) is 9.37 Å². The molecule has 1 saturated heterocycles. The monoisotopic (exact) mass is 611 g/mol. The van der Waals surface area contributed by atoms with Crippen molar-refractivity contribution < 1.29 is 23.2 Å². The minimum atomic E-state index is -0.753. The number of carbonyl (C=O) groups excluding carboxylic acids is 1. The number of carbonyl (C=O) groups is 1. The quantitative estimate of drug-likeness (QED) is 0.163. The van der Waals surface area contributed by atoms with Gasteiger partial charge in [0.25, 0.3) is 6.34 Å². The van der Waals surface area contributed by atoms with Crippen LogP contribution >= 0.6 is 0 Å². The van der Waals surface area contributed by atoms with Gasteiger partial charge in [0.2, 0.25) is 18.1 Å². The van der Waals surface area contributed by atoms with Crippen LogP contribution in [0, 0.1) is 11.2 Å². The Morgan fingerprint density at radius 2 is 1.89 bits per heavy atom. The lowest BCUT2D eigenvalue weighted by Gasteiger charge is -2.36. The Balaban J connectivity index is 1.13. The van der Waals surface area contributed by atoms with Crippen molar-refractivity contribution in [2.45, 2.75) is 26.1 Å². The summed E-state index contributed by atoms with van der Waals surface area (Å²) >= 11 is 0. The number of imidazole rings is 1. The smallest absolute Gasteiger partial charge is 0.281 e. The zero-order valence-electron chi connectivity index (χ0n) is 25.1. The fourth-order valence-corrected chi connectivity index (χ4v) is 5.12. The highest BCUT2D eigenvalue weighted by molar-refractivity contribution is 5.79. The second-order valence-electron chi connectivity index (χ2n) is 11.5. The van der Waals surface area contributed by atoms with Crippen LogP contribution in [-0.2, 0) is 20.7 Å². The van der Waals surface area contributed by atoms with Gasteiger partial charge in [-0.25, -0.2) is 19.3 Å². The predicted molar refractivity (Wildman–Crippen MR) is 169 cm³/mol. The van der Waals surface area contributed by atoms with Crippen molar-refractivity contribution in [3.8, 4) is 22.6 Å². The summed E-state index contributed by atoms with van der Waals surface area (Å²) in [6.45, 7) is 5.54. The fourth-order valence-electron chi connectivity index (χ4n) is 5.12. The van der Waals surface area contributed by atoms with Crippen molar-refractivity contribution in [2.24, 2.45) is 10.4 Å². The summed E-state index contributed by atoms with van der Waals surface area (Å²) in [6.07, 6.45) is 5.87. The molecule has 4 aromatic rings. The Bertz CT molecular complexity index is 1660. The molecule has 0 spiro atoms. The molecule has 232 valence electrons. The summed E-state index contributed by atoms with van der Waals surface area (Å²) in [7, 11) is 0. The number of aliphatic imine (C=N–C) groups is 1. The average Bonchev–Trinajstić information content (AvgIpc) is 3.75. The predicted octanol–water partition coefficient (Wildman–Crippen LogP) is 4.01. The second-order valence-corrected chi connectivity index (χ2v) is 11.5. The zero-order chi connectivity index (χ0) is 31.1. The molecule has 12 heteroatoms. The molecule has 2 aromatic carbocycles. The summed E-state index contributed by atoms with van der Waals surface area (Å²) < 4.78 is 28.2. The number of hydrogen-bond acceptors (Lipinski definition) is 8. The molecule has 2 aromatic heterocycles. The summed E-state index contributed by atoms with van der Waals surface area (Å²) in [4.78, 5) is 33.9. The van der Waals surface area contributed by atoms with Gasteiger partial charge < -0.3 is 25.1 Å². The van der Waals surface area contributed by atoms with E-state index in [-0.39, 0.29) is 11.7 Å². The summed E-state index contributed by atoms with van der Waals surface area (Å²) in [5, 5.41) is 6.30.